The van der Waals surface area contributed by atoms with Crippen LogP contribution >= 0.6 is 11.8 Å². The van der Waals surface area contributed by atoms with Gasteiger partial charge in [-0.25, -0.2) is 0 Å². The molecule has 2 fully saturated rings. The van der Waals surface area contributed by atoms with E-state index in [0.717, 1.165) is 0 Å². The summed E-state index contributed by atoms with van der Waals surface area (Å²) in [4.78, 5) is 185. The van der Waals surface area contributed by atoms with Crippen LogP contribution < -0.4 is 82.7 Å². The van der Waals surface area contributed by atoms with Crippen LogP contribution in [0.1, 0.15) is 121 Å². The average Bonchev–Trinajstić information content (AvgIpc) is 1.74. The number of benzene rings is 2. The maximum atomic E-state index is 14.7. The number of likely N-dealkylation sites (tertiary alicyclic amines) is 2. The van der Waals surface area contributed by atoms with Crippen LogP contribution in [0.3, 0.4) is 0 Å². The molecule has 95 heavy (non-hydrogen) atoms. The third-order valence-electron chi connectivity index (χ3n) is 16.0. The third-order valence-corrected chi connectivity index (χ3v) is 16.7. The summed E-state index contributed by atoms with van der Waals surface area (Å²) in [5, 5.41) is 21.1. The van der Waals surface area contributed by atoms with Crippen LogP contribution in [0.2, 0.25) is 0 Å². The number of carbonyl (C=O) groups is 13. The molecule has 0 saturated carbocycles. The van der Waals surface area contributed by atoms with E-state index in [1.807, 2.05) is 20.1 Å². The molecule has 2 aromatic rings. The zero-order chi connectivity index (χ0) is 70.1. The fourth-order valence-electron chi connectivity index (χ4n) is 11.0. The highest BCUT2D eigenvalue weighted by Crippen LogP contribution is 2.24. The minimum atomic E-state index is -1.64. The van der Waals surface area contributed by atoms with Gasteiger partial charge in [-0.2, -0.15) is 11.8 Å². The SMILES string of the molecule is CSCC[C@H](NC(=O)[C@@H](CC(C)C)NC(=O)CNC(=O)[C@@H](Cc1ccccc1)NC(=O)[C@H](Cc1ccccc1)NC(=O)[C@H](CCC(N)=O)NC(=O)[C@@H](CCC(N)=O)NC(=O)[C@@H]1CCCN1C(=O)[C@@H](CCCCN)NC(=O)[C@H]1CCCN1C(=O)[C@@H](N)CCCN=C(N)N)C(N)=O. The average molecular weight is 1350 g/mol. The molecule has 10 atom stereocenters. The number of aliphatic imine (C=N–C) groups is 1. The second-order valence-electron chi connectivity index (χ2n) is 24.1. The van der Waals surface area contributed by atoms with E-state index >= 15 is 0 Å². The van der Waals surface area contributed by atoms with Crippen molar-refractivity contribution in [3.63, 3.8) is 0 Å². The number of thioether (sulfide) groups is 1. The van der Waals surface area contributed by atoms with Crippen molar-refractivity contribution < 1.29 is 62.3 Å². The number of guanidine groups is 1. The highest BCUT2D eigenvalue weighted by Gasteiger charge is 2.42. The molecule has 32 heteroatoms. The molecule has 0 aromatic heterocycles. The predicted molar refractivity (Wildman–Crippen MR) is 356 cm³/mol. The summed E-state index contributed by atoms with van der Waals surface area (Å²) in [6, 6.07) is 4.51. The highest BCUT2D eigenvalue weighted by molar-refractivity contribution is 7.98. The standard InChI is InChI=1S/C63H98N18O13S/c1-37(2)33-45(57(89)74-41(53(68)85)27-32-95-3)73-52(84)36-72-54(86)46(34-38-15-6-4-7-16-38)78-58(90)47(35-39-17-8-5-9-18-39)79-56(88)42(23-25-50(66)82)75-55(87)43(24-26-51(67)83)76-59(91)49-22-14-31-81(49)62(94)44(20-10-11-28-64)77-60(92)48-21-13-30-80(48)61(93)40(65)19-12-29-71-63(69)70/h4-9,15-18,37,40-49H,10-14,19-36,64-65H2,1-3H3,(H2,66,82)(H2,67,83)(H2,68,85)(H,72,86)(H,73,84)(H,74,89)(H,75,87)(H,76,91)(H,77,92)(H,78,90)(H,79,88)(H4,69,70,71)/t40-,41-,42-,43+,44+,45+,46+,47-,48+,49-/m0/s1. The number of rotatable bonds is 42. The number of hydrogen-bond donors (Lipinski definition) is 15. The van der Waals surface area contributed by atoms with Gasteiger partial charge in [-0.1, -0.05) is 74.5 Å². The predicted octanol–water partition coefficient (Wildman–Crippen LogP) is -3.71. The second-order valence-corrected chi connectivity index (χ2v) is 25.1. The van der Waals surface area contributed by atoms with Crippen LogP contribution in [-0.4, -0.2) is 198 Å². The van der Waals surface area contributed by atoms with Gasteiger partial charge in [0.1, 0.15) is 54.4 Å². The number of unbranched alkanes of at least 4 members (excludes halogenated alkanes) is 1. The van der Waals surface area contributed by atoms with Gasteiger partial charge < -0.3 is 92.5 Å². The third kappa shape index (κ3) is 27.5. The molecule has 2 aliphatic rings. The van der Waals surface area contributed by atoms with Gasteiger partial charge in [0.25, 0.3) is 0 Å². The van der Waals surface area contributed by atoms with Gasteiger partial charge in [-0.3, -0.25) is 67.3 Å². The summed E-state index contributed by atoms with van der Waals surface area (Å²) in [6.45, 7) is 3.86. The number of primary amides is 3. The maximum Gasteiger partial charge on any atom is 0.245 e. The summed E-state index contributed by atoms with van der Waals surface area (Å²) in [5.74, 6) is -9.80. The minimum Gasteiger partial charge on any atom is -0.370 e. The van der Waals surface area contributed by atoms with E-state index in [1.165, 1.54) is 21.6 Å². The zero-order valence-electron chi connectivity index (χ0n) is 54.5. The Bertz CT molecular complexity index is 2960. The summed E-state index contributed by atoms with van der Waals surface area (Å²) >= 11 is 1.45. The normalized spacial score (nSPS) is 16.8. The summed E-state index contributed by atoms with van der Waals surface area (Å²) in [7, 11) is 0. The van der Waals surface area contributed by atoms with Gasteiger partial charge >= 0.3 is 0 Å². The van der Waals surface area contributed by atoms with E-state index in [4.69, 9.17) is 40.1 Å². The second kappa shape index (κ2) is 41.0. The Labute approximate surface area is 558 Å². The topological polar surface area (TPSA) is 519 Å². The minimum absolute atomic E-state index is 0.0736. The Hall–Kier alpha value is -8.91. The number of nitrogens with two attached hydrogens (primary N) is 7. The van der Waals surface area contributed by atoms with Gasteiger partial charge in [0, 0.05) is 45.3 Å². The summed E-state index contributed by atoms with van der Waals surface area (Å²) in [5.41, 5.74) is 40.6. The van der Waals surface area contributed by atoms with Crippen LogP contribution in [0, 0.1) is 5.92 Å². The molecule has 31 nitrogen and oxygen atoms in total. The maximum absolute atomic E-state index is 14.7. The van der Waals surface area contributed by atoms with Crippen molar-refractivity contribution in [2.45, 2.75) is 183 Å². The van der Waals surface area contributed by atoms with Crippen molar-refractivity contribution in [1.82, 2.24) is 52.3 Å². The van der Waals surface area contributed by atoms with E-state index in [9.17, 15) is 62.3 Å². The van der Waals surface area contributed by atoms with Crippen molar-refractivity contribution >= 4 is 94.5 Å². The van der Waals surface area contributed by atoms with Crippen LogP contribution in [0.25, 0.3) is 0 Å². The van der Waals surface area contributed by atoms with Crippen LogP contribution in [0.4, 0.5) is 0 Å². The molecule has 0 radical (unpaired) electrons. The first-order chi connectivity index (χ1) is 45.2. The number of nitrogens with one attached hydrogen (secondary N) is 8. The van der Waals surface area contributed by atoms with Crippen molar-refractivity contribution in [3.8, 4) is 0 Å². The Balaban J connectivity index is 1.56. The Morgan fingerprint density at radius 3 is 1.51 bits per heavy atom. The van der Waals surface area contributed by atoms with E-state index in [1.54, 1.807) is 60.7 Å². The number of amides is 13. The van der Waals surface area contributed by atoms with E-state index < -0.39 is 169 Å². The van der Waals surface area contributed by atoms with Gasteiger partial charge in [-0.15, -0.1) is 0 Å². The van der Waals surface area contributed by atoms with E-state index in [-0.39, 0.29) is 83.0 Å². The van der Waals surface area contributed by atoms with Gasteiger partial charge in [0.05, 0.1) is 12.6 Å². The molecule has 2 aliphatic heterocycles. The van der Waals surface area contributed by atoms with E-state index in [0.29, 0.717) is 55.4 Å². The molecular weight excluding hydrogens is 1250 g/mol. The lowest BCUT2D eigenvalue weighted by Gasteiger charge is -2.32. The molecule has 13 amide bonds. The van der Waals surface area contributed by atoms with Gasteiger partial charge in [-0.05, 0) is 119 Å². The largest absolute Gasteiger partial charge is 0.370 e. The van der Waals surface area contributed by atoms with E-state index in [2.05, 4.69) is 47.5 Å². The fraction of sp³-hybridized carbons (Fsp3) is 0.587. The van der Waals surface area contributed by atoms with Crippen molar-refractivity contribution in [2.75, 3.05) is 44.7 Å². The molecule has 0 aliphatic carbocycles. The van der Waals surface area contributed by atoms with Gasteiger partial charge in [0.2, 0.25) is 76.8 Å². The summed E-state index contributed by atoms with van der Waals surface area (Å²) < 4.78 is 0. The first kappa shape index (κ1) is 78.5. The Morgan fingerprint density at radius 1 is 0.537 bits per heavy atom. The first-order valence-corrected chi connectivity index (χ1v) is 33.6. The zero-order valence-corrected chi connectivity index (χ0v) is 55.3. The van der Waals surface area contributed by atoms with Crippen LogP contribution in [0.15, 0.2) is 65.7 Å². The van der Waals surface area contributed by atoms with Crippen molar-refractivity contribution in [1.29, 1.82) is 0 Å². The lowest BCUT2D eigenvalue weighted by atomic mass is 10.0. The molecule has 0 unspecified atom stereocenters. The Morgan fingerprint density at radius 2 is 1.01 bits per heavy atom. The lowest BCUT2D eigenvalue weighted by Crippen LogP contribution is -2.60. The van der Waals surface area contributed by atoms with Crippen LogP contribution in [-0.2, 0) is 75.2 Å². The monoisotopic (exact) mass is 1350 g/mol. The number of carbonyl (C=O) groups excluding carboxylic acids is 13. The quantitative estimate of drug-likeness (QED) is 0.0173. The van der Waals surface area contributed by atoms with Crippen LogP contribution in [0.5, 0.6) is 0 Å². The highest BCUT2D eigenvalue weighted by atomic mass is 32.2. The number of nitrogens with zero attached hydrogens (tertiary/aromatic N) is 3. The smallest absolute Gasteiger partial charge is 0.245 e. The molecule has 0 spiro atoms. The molecular formula is C63H98N18O13S. The molecule has 22 N–H and O–H groups in total. The summed E-state index contributed by atoms with van der Waals surface area (Å²) in [6.07, 6.45) is 3.12. The molecule has 2 heterocycles. The first-order valence-electron chi connectivity index (χ1n) is 32.2. The number of hydrogen-bond acceptors (Lipinski definition) is 17. The molecule has 524 valence electrons. The fourth-order valence-corrected chi connectivity index (χ4v) is 11.5. The Kier molecular flexibility index (Phi) is 33.9. The van der Waals surface area contributed by atoms with Gasteiger partial charge in [0.15, 0.2) is 5.96 Å². The van der Waals surface area contributed by atoms with Crippen molar-refractivity contribution in [2.24, 2.45) is 51.0 Å². The van der Waals surface area contributed by atoms with Crippen molar-refractivity contribution in [3.05, 3.63) is 71.8 Å². The molecule has 2 saturated heterocycles. The lowest BCUT2D eigenvalue weighted by molar-refractivity contribution is -0.144. The molecule has 0 bridgehead atoms. The molecule has 4 rings (SSSR count). The molecule has 2 aromatic carbocycles.